The van der Waals surface area contributed by atoms with E-state index in [1.165, 1.54) is 6.07 Å². The van der Waals surface area contributed by atoms with Crippen molar-refractivity contribution in [2.45, 2.75) is 6.92 Å². The number of carbonyl (C=O) groups excluding carboxylic acids is 2. The van der Waals surface area contributed by atoms with Gasteiger partial charge in [-0.2, -0.15) is 0 Å². The van der Waals surface area contributed by atoms with Crippen LogP contribution in [0.2, 0.25) is 10.0 Å². The number of hydrogen-bond acceptors (Lipinski definition) is 3. The van der Waals surface area contributed by atoms with Crippen LogP contribution in [0, 0.1) is 6.92 Å². The van der Waals surface area contributed by atoms with E-state index in [0.717, 1.165) is 5.56 Å². The number of amides is 2. The number of anilines is 1. The summed E-state index contributed by atoms with van der Waals surface area (Å²) in [6.45, 7) is 1.72. The molecule has 8 heteroatoms. The maximum Gasteiger partial charge on any atom is 0.313 e. The molecule has 0 aromatic heterocycles. The standard InChI is InChI=1S/C11H11Cl2N3O2S/c1-5-2-7(13)8(3-6(5)12)16-11(18)10(17)15-4-9(14)19/h2-3H,4H2,1H3,(H2,14,19)(H,15,17)(H,16,18). The number of rotatable bonds is 3. The molecule has 0 aliphatic carbocycles. The van der Waals surface area contributed by atoms with E-state index in [2.05, 4.69) is 22.9 Å². The molecule has 0 spiro atoms. The summed E-state index contributed by atoms with van der Waals surface area (Å²) in [4.78, 5) is 23.0. The van der Waals surface area contributed by atoms with Crippen LogP contribution in [0.4, 0.5) is 5.69 Å². The van der Waals surface area contributed by atoms with Crippen molar-refractivity contribution in [3.05, 3.63) is 27.7 Å². The first kappa shape index (κ1) is 15.7. The zero-order valence-electron chi connectivity index (χ0n) is 9.92. The third-order valence-corrected chi connectivity index (χ3v) is 2.99. The second-order valence-electron chi connectivity index (χ2n) is 3.68. The van der Waals surface area contributed by atoms with Crippen molar-refractivity contribution < 1.29 is 9.59 Å². The molecular formula is C11H11Cl2N3O2S. The summed E-state index contributed by atoms with van der Waals surface area (Å²) in [6, 6.07) is 3.06. The lowest BCUT2D eigenvalue weighted by atomic mass is 10.2. The van der Waals surface area contributed by atoms with Crippen molar-refractivity contribution in [3.8, 4) is 0 Å². The Balaban J connectivity index is 2.74. The summed E-state index contributed by atoms with van der Waals surface area (Å²) < 4.78 is 0. The highest BCUT2D eigenvalue weighted by Crippen LogP contribution is 2.28. The highest BCUT2D eigenvalue weighted by molar-refractivity contribution is 7.80. The van der Waals surface area contributed by atoms with Crippen molar-refractivity contribution in [1.29, 1.82) is 0 Å². The molecular weight excluding hydrogens is 309 g/mol. The lowest BCUT2D eigenvalue weighted by molar-refractivity contribution is -0.135. The van der Waals surface area contributed by atoms with Gasteiger partial charge in [0.15, 0.2) is 0 Å². The first-order chi connectivity index (χ1) is 8.81. The molecule has 0 aliphatic heterocycles. The van der Waals surface area contributed by atoms with Crippen LogP contribution in [0.1, 0.15) is 5.56 Å². The smallest absolute Gasteiger partial charge is 0.313 e. The van der Waals surface area contributed by atoms with E-state index >= 15 is 0 Å². The first-order valence-electron chi connectivity index (χ1n) is 5.14. The molecule has 0 radical (unpaired) electrons. The number of nitrogens with two attached hydrogens (primary N) is 1. The maximum atomic E-state index is 11.6. The molecule has 0 heterocycles. The number of nitrogens with one attached hydrogen (secondary N) is 2. The minimum Gasteiger partial charge on any atom is -0.392 e. The lowest BCUT2D eigenvalue weighted by Crippen LogP contribution is -2.39. The van der Waals surface area contributed by atoms with Crippen molar-refractivity contribution in [2.75, 3.05) is 11.9 Å². The van der Waals surface area contributed by atoms with Gasteiger partial charge < -0.3 is 16.4 Å². The average molecular weight is 320 g/mol. The zero-order valence-corrected chi connectivity index (χ0v) is 12.2. The van der Waals surface area contributed by atoms with Gasteiger partial charge in [-0.3, -0.25) is 9.59 Å². The van der Waals surface area contributed by atoms with Gasteiger partial charge in [-0.1, -0.05) is 35.4 Å². The third kappa shape index (κ3) is 4.66. The molecule has 1 aromatic rings. The Morgan fingerprint density at radius 1 is 1.26 bits per heavy atom. The molecule has 0 fully saturated rings. The summed E-state index contributed by atoms with van der Waals surface area (Å²) in [6.07, 6.45) is 0. The minimum absolute atomic E-state index is 0.0516. The summed E-state index contributed by atoms with van der Waals surface area (Å²) in [7, 11) is 0. The van der Waals surface area contributed by atoms with Crippen LogP contribution in [0.25, 0.3) is 0 Å². The summed E-state index contributed by atoms with van der Waals surface area (Å²) in [5.41, 5.74) is 6.22. The number of carbonyl (C=O) groups is 2. The quantitative estimate of drug-likeness (QED) is 0.584. The van der Waals surface area contributed by atoms with Gasteiger partial charge in [0.2, 0.25) is 0 Å². The minimum atomic E-state index is -0.877. The van der Waals surface area contributed by atoms with Gasteiger partial charge in [-0.15, -0.1) is 0 Å². The van der Waals surface area contributed by atoms with E-state index in [4.69, 9.17) is 28.9 Å². The molecule has 1 rings (SSSR count). The number of aryl methyl sites for hydroxylation is 1. The summed E-state index contributed by atoms with van der Waals surface area (Å²) in [5, 5.41) is 5.33. The second kappa shape index (κ2) is 6.70. The average Bonchev–Trinajstić information content (AvgIpc) is 2.32. The lowest BCUT2D eigenvalue weighted by Gasteiger charge is -2.09. The SMILES string of the molecule is Cc1cc(Cl)c(NC(=O)C(=O)NCC(N)=S)cc1Cl. The predicted octanol–water partition coefficient (Wildman–Crippen LogP) is 1.64. The molecule has 0 saturated carbocycles. The Morgan fingerprint density at radius 2 is 1.89 bits per heavy atom. The fourth-order valence-electron chi connectivity index (χ4n) is 1.17. The van der Waals surface area contributed by atoms with Crippen LogP contribution in [0.15, 0.2) is 12.1 Å². The third-order valence-electron chi connectivity index (χ3n) is 2.13. The molecule has 0 bridgehead atoms. The molecule has 0 unspecified atom stereocenters. The van der Waals surface area contributed by atoms with Gasteiger partial charge >= 0.3 is 11.8 Å². The van der Waals surface area contributed by atoms with E-state index < -0.39 is 11.8 Å². The van der Waals surface area contributed by atoms with Gasteiger partial charge in [-0.25, -0.2) is 0 Å². The molecule has 19 heavy (non-hydrogen) atoms. The number of benzene rings is 1. The van der Waals surface area contributed by atoms with Crippen LogP contribution >= 0.6 is 35.4 Å². The van der Waals surface area contributed by atoms with Crippen LogP contribution < -0.4 is 16.4 Å². The molecule has 2 amide bonds. The van der Waals surface area contributed by atoms with E-state index in [1.54, 1.807) is 13.0 Å². The molecule has 5 nitrogen and oxygen atoms in total. The van der Waals surface area contributed by atoms with Crippen LogP contribution in [0.3, 0.4) is 0 Å². The number of thiocarbonyl (C=S) groups is 1. The number of hydrogen-bond donors (Lipinski definition) is 3. The van der Waals surface area contributed by atoms with E-state index in [-0.39, 0.29) is 22.2 Å². The molecule has 1 aromatic carbocycles. The van der Waals surface area contributed by atoms with Crippen molar-refractivity contribution >= 4 is 57.9 Å². The highest BCUT2D eigenvalue weighted by atomic mass is 35.5. The monoisotopic (exact) mass is 319 g/mol. The topological polar surface area (TPSA) is 84.2 Å². The van der Waals surface area contributed by atoms with Gasteiger partial charge in [0.05, 0.1) is 22.2 Å². The van der Waals surface area contributed by atoms with Gasteiger partial charge in [0.1, 0.15) is 0 Å². The van der Waals surface area contributed by atoms with Crippen LogP contribution in [-0.4, -0.2) is 23.3 Å². The molecule has 102 valence electrons. The van der Waals surface area contributed by atoms with Crippen LogP contribution in [-0.2, 0) is 9.59 Å². The van der Waals surface area contributed by atoms with Gasteiger partial charge in [0.25, 0.3) is 0 Å². The molecule has 4 N–H and O–H groups in total. The van der Waals surface area contributed by atoms with Crippen LogP contribution in [0.5, 0.6) is 0 Å². The zero-order chi connectivity index (χ0) is 14.6. The predicted molar refractivity (Wildman–Crippen MR) is 79.6 cm³/mol. The van der Waals surface area contributed by atoms with Crippen molar-refractivity contribution in [1.82, 2.24) is 5.32 Å². The maximum absolute atomic E-state index is 11.6. The Morgan fingerprint density at radius 3 is 2.47 bits per heavy atom. The summed E-state index contributed by atoms with van der Waals surface area (Å²) >= 11 is 16.4. The molecule has 0 atom stereocenters. The molecule has 0 saturated heterocycles. The van der Waals surface area contributed by atoms with Crippen molar-refractivity contribution in [3.63, 3.8) is 0 Å². The summed E-state index contributed by atoms with van der Waals surface area (Å²) in [5.74, 6) is -1.74. The van der Waals surface area contributed by atoms with E-state index in [9.17, 15) is 9.59 Å². The van der Waals surface area contributed by atoms with E-state index in [1.807, 2.05) is 0 Å². The van der Waals surface area contributed by atoms with Gasteiger partial charge in [-0.05, 0) is 24.6 Å². The molecule has 0 aliphatic rings. The normalized spacial score (nSPS) is 9.84. The highest BCUT2D eigenvalue weighted by Gasteiger charge is 2.15. The Labute approximate surface area is 125 Å². The van der Waals surface area contributed by atoms with E-state index in [0.29, 0.717) is 5.02 Å². The second-order valence-corrected chi connectivity index (χ2v) is 5.02. The fraction of sp³-hybridized carbons (Fsp3) is 0.182. The Kier molecular flexibility index (Phi) is 5.53. The Bertz CT molecular complexity index is 549. The first-order valence-corrected chi connectivity index (χ1v) is 6.30. The fourth-order valence-corrected chi connectivity index (χ4v) is 1.67. The number of halogens is 2. The van der Waals surface area contributed by atoms with Crippen molar-refractivity contribution in [2.24, 2.45) is 5.73 Å². The Hall–Kier alpha value is -1.37. The largest absolute Gasteiger partial charge is 0.392 e. The van der Waals surface area contributed by atoms with Gasteiger partial charge in [0, 0.05) is 5.02 Å².